The molecule has 2 heterocycles. The van der Waals surface area contributed by atoms with Gasteiger partial charge >= 0.3 is 0 Å². The lowest BCUT2D eigenvalue weighted by Crippen LogP contribution is -2.47. The Morgan fingerprint density at radius 1 is 0.893 bits per heavy atom. The number of amides is 2. The first-order valence-corrected chi connectivity index (χ1v) is 10.3. The highest BCUT2D eigenvalue weighted by Crippen LogP contribution is 2.30. The summed E-state index contributed by atoms with van der Waals surface area (Å²) >= 11 is 0. The molecule has 0 radical (unpaired) electrons. The molecule has 0 saturated carbocycles. The van der Waals surface area contributed by atoms with Crippen LogP contribution in [0.25, 0.3) is 10.8 Å². The van der Waals surface area contributed by atoms with Crippen LogP contribution in [0.15, 0.2) is 36.4 Å². The van der Waals surface area contributed by atoms with E-state index in [0.29, 0.717) is 18.7 Å². The summed E-state index contributed by atoms with van der Waals surface area (Å²) in [4.78, 5) is 30.1. The van der Waals surface area contributed by atoms with Crippen LogP contribution in [-0.2, 0) is 4.79 Å². The molecule has 5 heteroatoms. The smallest absolute Gasteiger partial charge is 0.254 e. The molecule has 0 spiro atoms. The standard InChI is InChI=1S/C23H28N2O3/c1-28-21-12-11-20(18-9-3-4-10-19(18)21)23(27)25-15-7-8-17(16-25)22(26)24-13-5-2-6-14-24/h3-4,9-12,17H,2,5-8,13-16H2,1H3. The summed E-state index contributed by atoms with van der Waals surface area (Å²) in [6, 6.07) is 11.5. The summed E-state index contributed by atoms with van der Waals surface area (Å²) in [5, 5.41) is 1.84. The number of nitrogens with zero attached hydrogens (tertiary/aromatic N) is 2. The van der Waals surface area contributed by atoms with Crippen molar-refractivity contribution in [2.24, 2.45) is 5.92 Å². The first-order chi connectivity index (χ1) is 13.7. The van der Waals surface area contributed by atoms with Gasteiger partial charge in [-0.05, 0) is 49.6 Å². The minimum atomic E-state index is -0.0692. The van der Waals surface area contributed by atoms with Gasteiger partial charge in [0.25, 0.3) is 5.91 Å². The second kappa shape index (κ2) is 8.21. The molecular weight excluding hydrogens is 352 g/mol. The van der Waals surface area contributed by atoms with Gasteiger partial charge < -0.3 is 14.5 Å². The second-order valence-electron chi connectivity index (χ2n) is 7.84. The van der Waals surface area contributed by atoms with E-state index in [9.17, 15) is 9.59 Å². The zero-order chi connectivity index (χ0) is 19.5. The maximum atomic E-state index is 13.3. The quantitative estimate of drug-likeness (QED) is 0.816. The van der Waals surface area contributed by atoms with Crippen LogP contribution in [0.5, 0.6) is 5.75 Å². The number of ether oxygens (including phenoxy) is 1. The minimum absolute atomic E-state index is 0.00926. The number of hydrogen-bond acceptors (Lipinski definition) is 3. The molecule has 2 aliphatic rings. The monoisotopic (exact) mass is 380 g/mol. The molecule has 1 unspecified atom stereocenters. The molecule has 2 amide bonds. The lowest BCUT2D eigenvalue weighted by atomic mass is 9.94. The van der Waals surface area contributed by atoms with Crippen molar-refractivity contribution in [3.63, 3.8) is 0 Å². The molecule has 2 fully saturated rings. The fourth-order valence-corrected chi connectivity index (χ4v) is 4.54. The van der Waals surface area contributed by atoms with Crippen LogP contribution in [0.2, 0.25) is 0 Å². The average molecular weight is 380 g/mol. The summed E-state index contributed by atoms with van der Waals surface area (Å²) in [6.07, 6.45) is 5.16. The van der Waals surface area contributed by atoms with Crippen LogP contribution in [-0.4, -0.2) is 54.9 Å². The van der Waals surface area contributed by atoms with E-state index in [1.54, 1.807) is 7.11 Å². The molecular formula is C23H28N2O3. The molecule has 0 N–H and O–H groups in total. The Morgan fingerprint density at radius 2 is 1.61 bits per heavy atom. The molecule has 5 nitrogen and oxygen atoms in total. The predicted molar refractivity (Wildman–Crippen MR) is 110 cm³/mol. The van der Waals surface area contributed by atoms with Crippen LogP contribution in [0.4, 0.5) is 0 Å². The van der Waals surface area contributed by atoms with E-state index in [0.717, 1.165) is 55.3 Å². The van der Waals surface area contributed by atoms with Crippen molar-refractivity contribution >= 4 is 22.6 Å². The number of piperidine rings is 2. The van der Waals surface area contributed by atoms with E-state index in [-0.39, 0.29) is 17.7 Å². The van der Waals surface area contributed by atoms with E-state index >= 15 is 0 Å². The number of rotatable bonds is 3. The van der Waals surface area contributed by atoms with Crippen molar-refractivity contribution in [2.45, 2.75) is 32.1 Å². The van der Waals surface area contributed by atoms with Gasteiger partial charge in [-0.2, -0.15) is 0 Å². The summed E-state index contributed by atoms with van der Waals surface area (Å²) in [7, 11) is 1.64. The molecule has 148 valence electrons. The van der Waals surface area contributed by atoms with Gasteiger partial charge in [-0.25, -0.2) is 0 Å². The highest BCUT2D eigenvalue weighted by Gasteiger charge is 2.32. The zero-order valence-electron chi connectivity index (χ0n) is 16.5. The Balaban J connectivity index is 1.55. The Kier molecular flexibility index (Phi) is 5.51. The largest absolute Gasteiger partial charge is 0.496 e. The third-order valence-corrected chi connectivity index (χ3v) is 6.06. The summed E-state index contributed by atoms with van der Waals surface area (Å²) in [5.41, 5.74) is 0.683. The number of hydrogen-bond donors (Lipinski definition) is 0. The molecule has 2 aromatic rings. The number of benzene rings is 2. The maximum Gasteiger partial charge on any atom is 0.254 e. The molecule has 2 aromatic carbocycles. The van der Waals surface area contributed by atoms with E-state index in [2.05, 4.69) is 0 Å². The van der Waals surface area contributed by atoms with Gasteiger partial charge in [-0.3, -0.25) is 9.59 Å². The number of carbonyl (C=O) groups is 2. The molecule has 0 aliphatic carbocycles. The van der Waals surface area contributed by atoms with Crippen molar-refractivity contribution in [2.75, 3.05) is 33.3 Å². The molecule has 28 heavy (non-hydrogen) atoms. The zero-order valence-corrected chi connectivity index (χ0v) is 16.5. The van der Waals surface area contributed by atoms with Crippen molar-refractivity contribution < 1.29 is 14.3 Å². The Labute approximate surface area is 166 Å². The Morgan fingerprint density at radius 3 is 2.36 bits per heavy atom. The molecule has 1 atom stereocenters. The van der Waals surface area contributed by atoms with Crippen molar-refractivity contribution in [1.29, 1.82) is 0 Å². The topological polar surface area (TPSA) is 49.9 Å². The van der Waals surface area contributed by atoms with Crippen molar-refractivity contribution in [3.8, 4) is 5.75 Å². The van der Waals surface area contributed by atoms with Crippen LogP contribution in [0, 0.1) is 5.92 Å². The average Bonchev–Trinajstić information content (AvgIpc) is 2.78. The fourth-order valence-electron chi connectivity index (χ4n) is 4.54. The SMILES string of the molecule is COc1ccc(C(=O)N2CCCC(C(=O)N3CCCCC3)C2)c2ccccc12. The summed E-state index contributed by atoms with van der Waals surface area (Å²) < 4.78 is 5.45. The van der Waals surface area contributed by atoms with Gasteiger partial charge in [0.1, 0.15) is 5.75 Å². The highest BCUT2D eigenvalue weighted by molar-refractivity contribution is 6.08. The van der Waals surface area contributed by atoms with Gasteiger partial charge in [0.2, 0.25) is 5.91 Å². The van der Waals surface area contributed by atoms with Crippen LogP contribution in [0.3, 0.4) is 0 Å². The fraction of sp³-hybridized carbons (Fsp3) is 0.478. The van der Waals surface area contributed by atoms with Gasteiger partial charge in [-0.15, -0.1) is 0 Å². The van der Waals surface area contributed by atoms with Crippen molar-refractivity contribution in [3.05, 3.63) is 42.0 Å². The Hall–Kier alpha value is -2.56. The number of likely N-dealkylation sites (tertiary alicyclic amines) is 2. The number of methoxy groups -OCH3 is 1. The first kappa shape index (κ1) is 18.8. The Bertz CT molecular complexity index is 873. The molecule has 4 rings (SSSR count). The molecule has 0 aromatic heterocycles. The van der Waals surface area contributed by atoms with E-state index in [1.165, 1.54) is 6.42 Å². The molecule has 2 aliphatic heterocycles. The maximum absolute atomic E-state index is 13.3. The minimum Gasteiger partial charge on any atom is -0.496 e. The lowest BCUT2D eigenvalue weighted by Gasteiger charge is -2.36. The number of carbonyl (C=O) groups excluding carboxylic acids is 2. The van der Waals surface area contributed by atoms with Gasteiger partial charge in [0.15, 0.2) is 0 Å². The van der Waals surface area contributed by atoms with Gasteiger partial charge in [-0.1, -0.05) is 24.3 Å². The van der Waals surface area contributed by atoms with Crippen LogP contribution < -0.4 is 4.74 Å². The van der Waals surface area contributed by atoms with E-state index in [1.807, 2.05) is 46.2 Å². The van der Waals surface area contributed by atoms with E-state index in [4.69, 9.17) is 4.74 Å². The second-order valence-corrected chi connectivity index (χ2v) is 7.84. The third kappa shape index (κ3) is 3.58. The molecule has 0 bridgehead atoms. The van der Waals surface area contributed by atoms with Crippen LogP contribution in [0.1, 0.15) is 42.5 Å². The predicted octanol–water partition coefficient (Wildman–Crippen LogP) is 3.71. The van der Waals surface area contributed by atoms with Gasteiger partial charge in [0.05, 0.1) is 13.0 Å². The van der Waals surface area contributed by atoms with Crippen LogP contribution >= 0.6 is 0 Å². The summed E-state index contributed by atoms with van der Waals surface area (Å²) in [6.45, 7) is 2.97. The van der Waals surface area contributed by atoms with Gasteiger partial charge in [0, 0.05) is 37.1 Å². The molecule has 2 saturated heterocycles. The number of fused-ring (bicyclic) bond motifs is 1. The van der Waals surface area contributed by atoms with Crippen molar-refractivity contribution in [1.82, 2.24) is 9.80 Å². The third-order valence-electron chi connectivity index (χ3n) is 6.06. The first-order valence-electron chi connectivity index (χ1n) is 10.3. The van der Waals surface area contributed by atoms with E-state index < -0.39 is 0 Å². The highest BCUT2D eigenvalue weighted by atomic mass is 16.5. The summed E-state index contributed by atoms with van der Waals surface area (Å²) in [5.74, 6) is 0.941. The lowest BCUT2D eigenvalue weighted by molar-refractivity contribution is -0.137. The normalized spacial score (nSPS) is 20.2.